The molecular weight excluding hydrogens is 279 g/mol. The summed E-state index contributed by atoms with van der Waals surface area (Å²) >= 11 is 0. The SMILES string of the molecule is CC(C)CNCc1cccc(NC(=O)c2ccc(F)cc2)c1. The van der Waals surface area contributed by atoms with Gasteiger partial charge in [0.15, 0.2) is 0 Å². The van der Waals surface area contributed by atoms with Gasteiger partial charge in [-0.05, 0) is 54.4 Å². The van der Waals surface area contributed by atoms with Gasteiger partial charge in [0.05, 0.1) is 0 Å². The third-order valence-corrected chi connectivity index (χ3v) is 3.17. The lowest BCUT2D eigenvalue weighted by Gasteiger charge is -2.10. The highest BCUT2D eigenvalue weighted by molar-refractivity contribution is 6.04. The molecule has 3 nitrogen and oxygen atoms in total. The van der Waals surface area contributed by atoms with Gasteiger partial charge in [-0.3, -0.25) is 4.79 Å². The summed E-state index contributed by atoms with van der Waals surface area (Å²) in [4.78, 5) is 12.1. The van der Waals surface area contributed by atoms with E-state index in [0.29, 0.717) is 11.5 Å². The number of nitrogens with one attached hydrogen (secondary N) is 2. The lowest BCUT2D eigenvalue weighted by atomic mass is 10.1. The summed E-state index contributed by atoms with van der Waals surface area (Å²) in [6.45, 7) is 6.03. The van der Waals surface area contributed by atoms with Gasteiger partial charge in [0.2, 0.25) is 0 Å². The lowest BCUT2D eigenvalue weighted by molar-refractivity contribution is 0.102. The Morgan fingerprint density at radius 1 is 1.14 bits per heavy atom. The van der Waals surface area contributed by atoms with E-state index in [4.69, 9.17) is 0 Å². The smallest absolute Gasteiger partial charge is 0.255 e. The zero-order valence-electron chi connectivity index (χ0n) is 12.9. The van der Waals surface area contributed by atoms with Gasteiger partial charge in [-0.25, -0.2) is 4.39 Å². The van der Waals surface area contributed by atoms with Crippen molar-refractivity contribution in [3.05, 3.63) is 65.5 Å². The third kappa shape index (κ3) is 4.97. The predicted molar refractivity (Wildman–Crippen MR) is 87.3 cm³/mol. The van der Waals surface area contributed by atoms with Gasteiger partial charge in [0, 0.05) is 17.8 Å². The van der Waals surface area contributed by atoms with Crippen molar-refractivity contribution in [1.29, 1.82) is 0 Å². The molecule has 0 radical (unpaired) electrons. The molecule has 0 bridgehead atoms. The standard InChI is InChI=1S/C18H21FN2O/c1-13(2)11-20-12-14-4-3-5-17(10-14)21-18(22)15-6-8-16(19)9-7-15/h3-10,13,20H,11-12H2,1-2H3,(H,21,22). The molecule has 0 unspecified atom stereocenters. The van der Waals surface area contributed by atoms with Gasteiger partial charge in [0.25, 0.3) is 5.91 Å². The van der Waals surface area contributed by atoms with Crippen LogP contribution in [0.3, 0.4) is 0 Å². The van der Waals surface area contributed by atoms with Crippen LogP contribution in [0.2, 0.25) is 0 Å². The Balaban J connectivity index is 1.97. The van der Waals surface area contributed by atoms with Crippen molar-refractivity contribution in [2.24, 2.45) is 5.92 Å². The van der Waals surface area contributed by atoms with E-state index in [0.717, 1.165) is 24.3 Å². The van der Waals surface area contributed by atoms with Crippen LogP contribution in [0.15, 0.2) is 48.5 Å². The van der Waals surface area contributed by atoms with Crippen LogP contribution in [0.4, 0.5) is 10.1 Å². The van der Waals surface area contributed by atoms with Crippen molar-refractivity contribution in [3.63, 3.8) is 0 Å². The van der Waals surface area contributed by atoms with E-state index in [-0.39, 0.29) is 11.7 Å². The average molecular weight is 300 g/mol. The Morgan fingerprint density at radius 3 is 2.55 bits per heavy atom. The van der Waals surface area contributed by atoms with Gasteiger partial charge in [-0.15, -0.1) is 0 Å². The largest absolute Gasteiger partial charge is 0.322 e. The number of carbonyl (C=O) groups is 1. The molecule has 0 saturated heterocycles. The first-order valence-corrected chi connectivity index (χ1v) is 7.41. The summed E-state index contributed by atoms with van der Waals surface area (Å²) in [7, 11) is 0. The molecule has 116 valence electrons. The number of amides is 1. The van der Waals surface area contributed by atoms with Crippen LogP contribution < -0.4 is 10.6 Å². The molecule has 2 aromatic rings. The Hall–Kier alpha value is -2.20. The Morgan fingerprint density at radius 2 is 1.86 bits per heavy atom. The van der Waals surface area contributed by atoms with Crippen LogP contribution in [-0.2, 0) is 6.54 Å². The molecule has 0 heterocycles. The fourth-order valence-corrected chi connectivity index (χ4v) is 2.07. The van der Waals surface area contributed by atoms with Crippen molar-refractivity contribution in [2.45, 2.75) is 20.4 Å². The fourth-order valence-electron chi connectivity index (χ4n) is 2.07. The van der Waals surface area contributed by atoms with Crippen molar-refractivity contribution in [2.75, 3.05) is 11.9 Å². The molecular formula is C18H21FN2O. The molecule has 2 rings (SSSR count). The first kappa shape index (κ1) is 16.2. The normalized spacial score (nSPS) is 10.7. The summed E-state index contributed by atoms with van der Waals surface area (Å²) < 4.78 is 12.9. The lowest BCUT2D eigenvalue weighted by Crippen LogP contribution is -2.19. The number of carbonyl (C=O) groups excluding carboxylic acids is 1. The maximum Gasteiger partial charge on any atom is 0.255 e. The molecule has 0 atom stereocenters. The quantitative estimate of drug-likeness (QED) is 0.851. The van der Waals surface area contributed by atoms with E-state index < -0.39 is 0 Å². The van der Waals surface area contributed by atoms with Crippen LogP contribution >= 0.6 is 0 Å². The second kappa shape index (κ2) is 7.71. The molecule has 2 N–H and O–H groups in total. The van der Waals surface area contributed by atoms with E-state index >= 15 is 0 Å². The van der Waals surface area contributed by atoms with Crippen molar-refractivity contribution in [1.82, 2.24) is 5.32 Å². The topological polar surface area (TPSA) is 41.1 Å². The number of rotatable bonds is 6. The molecule has 0 aliphatic heterocycles. The van der Waals surface area contributed by atoms with Crippen molar-refractivity contribution >= 4 is 11.6 Å². The number of hydrogen-bond acceptors (Lipinski definition) is 2. The van der Waals surface area contributed by atoms with Gasteiger partial charge in [0.1, 0.15) is 5.82 Å². The second-order valence-electron chi connectivity index (χ2n) is 5.69. The maximum atomic E-state index is 12.9. The second-order valence-corrected chi connectivity index (χ2v) is 5.69. The summed E-state index contributed by atoms with van der Waals surface area (Å²) in [5, 5.41) is 6.19. The molecule has 22 heavy (non-hydrogen) atoms. The van der Waals surface area contributed by atoms with Gasteiger partial charge < -0.3 is 10.6 Å². The van der Waals surface area contributed by atoms with E-state index in [9.17, 15) is 9.18 Å². The molecule has 0 aliphatic carbocycles. The zero-order chi connectivity index (χ0) is 15.9. The highest BCUT2D eigenvalue weighted by Gasteiger charge is 2.06. The third-order valence-electron chi connectivity index (χ3n) is 3.17. The Bertz CT molecular complexity index is 623. The number of halogens is 1. The van der Waals surface area contributed by atoms with Crippen LogP contribution in [0.25, 0.3) is 0 Å². The highest BCUT2D eigenvalue weighted by Crippen LogP contribution is 2.13. The molecule has 2 aromatic carbocycles. The van der Waals surface area contributed by atoms with Crippen LogP contribution in [0.5, 0.6) is 0 Å². The monoisotopic (exact) mass is 300 g/mol. The van der Waals surface area contributed by atoms with Gasteiger partial charge >= 0.3 is 0 Å². The molecule has 1 amide bonds. The van der Waals surface area contributed by atoms with Crippen LogP contribution in [0.1, 0.15) is 29.8 Å². The summed E-state index contributed by atoms with van der Waals surface area (Å²) in [6, 6.07) is 13.2. The van der Waals surface area contributed by atoms with Gasteiger partial charge in [-0.2, -0.15) is 0 Å². The summed E-state index contributed by atoms with van der Waals surface area (Å²) in [5.41, 5.74) is 2.28. The first-order chi connectivity index (χ1) is 10.5. The molecule has 0 spiro atoms. The molecule has 0 aromatic heterocycles. The number of benzene rings is 2. The molecule has 4 heteroatoms. The van der Waals surface area contributed by atoms with Crippen LogP contribution in [0, 0.1) is 11.7 Å². The highest BCUT2D eigenvalue weighted by atomic mass is 19.1. The minimum absolute atomic E-state index is 0.243. The van der Waals surface area contributed by atoms with E-state index in [2.05, 4.69) is 24.5 Å². The van der Waals surface area contributed by atoms with Crippen molar-refractivity contribution in [3.8, 4) is 0 Å². The predicted octanol–water partition coefficient (Wildman–Crippen LogP) is 3.82. The summed E-state index contributed by atoms with van der Waals surface area (Å²) in [5.74, 6) is 0.00317. The number of anilines is 1. The minimum Gasteiger partial charge on any atom is -0.322 e. The fraction of sp³-hybridized carbons (Fsp3) is 0.278. The van der Waals surface area contributed by atoms with Crippen LogP contribution in [-0.4, -0.2) is 12.5 Å². The summed E-state index contributed by atoms with van der Waals surface area (Å²) in [6.07, 6.45) is 0. The van der Waals surface area contributed by atoms with E-state index in [1.807, 2.05) is 24.3 Å². The average Bonchev–Trinajstić information content (AvgIpc) is 2.48. The van der Waals surface area contributed by atoms with Crippen molar-refractivity contribution < 1.29 is 9.18 Å². The number of hydrogen-bond donors (Lipinski definition) is 2. The van der Waals surface area contributed by atoms with Gasteiger partial charge in [-0.1, -0.05) is 26.0 Å². The van der Waals surface area contributed by atoms with E-state index in [1.54, 1.807) is 0 Å². The minimum atomic E-state index is -0.352. The zero-order valence-corrected chi connectivity index (χ0v) is 12.9. The Kier molecular flexibility index (Phi) is 5.67. The Labute approximate surface area is 130 Å². The molecule has 0 aliphatic rings. The molecule has 0 fully saturated rings. The van der Waals surface area contributed by atoms with E-state index in [1.165, 1.54) is 24.3 Å². The maximum absolute atomic E-state index is 12.9. The molecule has 0 saturated carbocycles. The first-order valence-electron chi connectivity index (χ1n) is 7.41.